The fourth-order valence-corrected chi connectivity index (χ4v) is 10.2. The number of nitrogens with one attached hydrogen (secondary N) is 1. The zero-order valence-corrected chi connectivity index (χ0v) is 26.7. The fourth-order valence-electron chi connectivity index (χ4n) is 5.48. The van der Waals surface area contributed by atoms with Crippen LogP contribution in [0.25, 0.3) is 22.2 Å². The van der Waals surface area contributed by atoms with Gasteiger partial charge in [-0.1, -0.05) is 24.5 Å². The molecule has 0 aliphatic carbocycles. The molecule has 0 amide bonds. The van der Waals surface area contributed by atoms with Gasteiger partial charge in [-0.25, -0.2) is 23.5 Å². The van der Waals surface area contributed by atoms with Gasteiger partial charge in [0, 0.05) is 28.7 Å². The van der Waals surface area contributed by atoms with Gasteiger partial charge in [0.1, 0.15) is 23.2 Å². The summed E-state index contributed by atoms with van der Waals surface area (Å²) in [5.74, 6) is -0.120. The highest BCUT2D eigenvalue weighted by Gasteiger charge is 2.52. The second-order valence-corrected chi connectivity index (χ2v) is 17.4. The smallest absolute Gasteiger partial charge is 0.386 e. The molecular formula is C22H25FN8O8P2S3. The fraction of sp³-hybridized carbons (Fsp3) is 0.455. The number of alkyl halides is 1. The van der Waals surface area contributed by atoms with Crippen molar-refractivity contribution in [2.24, 2.45) is 0 Å². The normalized spacial score (nSPS) is 36.6. The third-order valence-electron chi connectivity index (χ3n) is 7.41. The Kier molecular flexibility index (Phi) is 7.83. The van der Waals surface area contributed by atoms with Crippen LogP contribution in [0.4, 0.5) is 16.0 Å². The first-order valence-corrected chi connectivity index (χ1v) is 19.4. The van der Waals surface area contributed by atoms with Crippen LogP contribution in [0, 0.1) is 0 Å². The molecule has 0 saturated carbocycles. The molecule has 3 saturated heterocycles. The first kappa shape index (κ1) is 30.5. The van der Waals surface area contributed by atoms with Crippen molar-refractivity contribution >= 4 is 83.7 Å². The van der Waals surface area contributed by atoms with Crippen LogP contribution < -0.4 is 17.0 Å². The third-order valence-corrected chi connectivity index (χ3v) is 12.2. The number of aromatic amines is 1. The number of nitrogens with zero attached hydrogens (tertiary/aromatic N) is 5. The highest BCUT2D eigenvalue weighted by molar-refractivity contribution is 8.44. The number of thiol groups is 2. The van der Waals surface area contributed by atoms with Gasteiger partial charge in [-0.2, -0.15) is 4.98 Å². The van der Waals surface area contributed by atoms with E-state index in [9.17, 15) is 13.9 Å². The van der Waals surface area contributed by atoms with Gasteiger partial charge in [0.05, 0.1) is 25.6 Å². The standard InChI is InChI=1S/C22H25FN8O8P2S3/c23-14-16-13(37-20(14)30-4-2-10-11(24)1-3-26-17(10)30)7-36-40(33,42)38-12-5-9(6-35-41(34,43)39-16)44-21(12)31-8-27-15-18(31)28-22(25)29-19(15)32/h1-4,8-9,12-14,16,20-21H,5-7H2,(H2,24,26)(H,33,42)(H,34,43)(H3,25,28,29,32)/t9-,12+,13+,14-,16+,20+,21+,40?,41?/m0/s1. The number of thioether (sulfide) groups is 1. The molecule has 3 fully saturated rings. The van der Waals surface area contributed by atoms with E-state index in [1.165, 1.54) is 28.9 Å². The number of rotatable bonds is 2. The quantitative estimate of drug-likeness (QED) is 0.149. The zero-order valence-electron chi connectivity index (χ0n) is 22.3. The molecule has 7 heterocycles. The minimum Gasteiger partial charge on any atom is -0.398 e. The van der Waals surface area contributed by atoms with E-state index >= 15 is 4.39 Å². The molecule has 16 nitrogen and oxygen atoms in total. The molecular weight excluding hydrogens is 681 g/mol. The van der Waals surface area contributed by atoms with E-state index in [4.69, 9.17) is 34.3 Å². The molecule has 0 spiro atoms. The van der Waals surface area contributed by atoms with Gasteiger partial charge in [-0.3, -0.25) is 32.4 Å². The average Bonchev–Trinajstić information content (AvgIpc) is 3.72. The predicted octanol–water partition coefficient (Wildman–Crippen LogP) is 3.47. The lowest BCUT2D eigenvalue weighted by Gasteiger charge is -2.26. The second kappa shape index (κ2) is 11.3. The van der Waals surface area contributed by atoms with Gasteiger partial charge >= 0.3 is 13.6 Å². The van der Waals surface area contributed by atoms with Crippen LogP contribution in [0.3, 0.4) is 0 Å². The van der Waals surface area contributed by atoms with Gasteiger partial charge in [0.15, 0.2) is 23.6 Å². The summed E-state index contributed by atoms with van der Waals surface area (Å²) in [5.41, 5.74) is 12.3. The Labute approximate surface area is 262 Å². The summed E-state index contributed by atoms with van der Waals surface area (Å²) in [6.07, 6.45) is -2.12. The minimum atomic E-state index is -4.18. The maximum absolute atomic E-state index is 16.0. The topological polar surface area (TPSA) is 214 Å². The van der Waals surface area contributed by atoms with Gasteiger partial charge in [-0.05, 0) is 18.6 Å². The first-order valence-electron chi connectivity index (χ1n) is 13.1. The van der Waals surface area contributed by atoms with Crippen molar-refractivity contribution in [3.63, 3.8) is 0 Å². The first-order chi connectivity index (χ1) is 20.9. The monoisotopic (exact) mass is 706 g/mol. The van der Waals surface area contributed by atoms with Crippen molar-refractivity contribution in [3.8, 4) is 0 Å². The summed E-state index contributed by atoms with van der Waals surface area (Å²) in [5, 5.41) is -0.478. The molecule has 3 aliphatic rings. The van der Waals surface area contributed by atoms with Crippen molar-refractivity contribution in [1.82, 2.24) is 29.1 Å². The third kappa shape index (κ3) is 5.59. The molecule has 44 heavy (non-hydrogen) atoms. The lowest BCUT2D eigenvalue weighted by molar-refractivity contribution is -0.0411. The van der Waals surface area contributed by atoms with Crippen LogP contribution in [-0.4, -0.2) is 72.0 Å². The van der Waals surface area contributed by atoms with E-state index in [0.717, 1.165) is 0 Å². The lowest BCUT2D eigenvalue weighted by atomic mass is 10.1. The number of fused-ring (bicyclic) bond motifs is 5. The molecule has 236 valence electrons. The largest absolute Gasteiger partial charge is 0.398 e. The summed E-state index contributed by atoms with van der Waals surface area (Å²) in [7, 11) is 0. The Morgan fingerprint density at radius 1 is 1.05 bits per heavy atom. The zero-order chi connectivity index (χ0) is 31.0. The van der Waals surface area contributed by atoms with E-state index in [1.54, 1.807) is 22.9 Å². The highest BCUT2D eigenvalue weighted by Crippen LogP contribution is 2.62. The van der Waals surface area contributed by atoms with Gasteiger partial charge < -0.3 is 20.8 Å². The molecule has 0 radical (unpaired) electrons. The molecule has 2 bridgehead atoms. The molecule has 3 aliphatic heterocycles. The van der Waals surface area contributed by atoms with E-state index in [2.05, 4.69) is 44.4 Å². The Balaban J connectivity index is 1.19. The van der Waals surface area contributed by atoms with Gasteiger partial charge in [0.25, 0.3) is 5.56 Å². The highest BCUT2D eigenvalue weighted by atomic mass is 32.7. The number of anilines is 2. The molecule has 4 aromatic heterocycles. The van der Waals surface area contributed by atoms with E-state index in [-0.39, 0.29) is 30.1 Å². The number of hydrogen-bond donors (Lipinski definition) is 5. The van der Waals surface area contributed by atoms with Gasteiger partial charge in [0.2, 0.25) is 5.95 Å². The number of hydrogen-bond acceptors (Lipinski definition) is 14. The van der Waals surface area contributed by atoms with Crippen LogP contribution in [0.15, 0.2) is 35.6 Å². The second-order valence-electron chi connectivity index (χ2n) is 10.3. The number of H-pyrrole nitrogens is 1. The van der Waals surface area contributed by atoms with Crippen molar-refractivity contribution in [1.29, 1.82) is 0 Å². The maximum Gasteiger partial charge on any atom is 0.386 e. The molecule has 4 aromatic rings. The Morgan fingerprint density at radius 3 is 2.64 bits per heavy atom. The summed E-state index contributed by atoms with van der Waals surface area (Å²) in [6.45, 7) is -8.98. The maximum atomic E-state index is 16.0. The van der Waals surface area contributed by atoms with Crippen LogP contribution in [-0.2, 0) is 32.0 Å². The minimum absolute atomic E-state index is 0.0410. The van der Waals surface area contributed by atoms with Crippen LogP contribution in [0.2, 0.25) is 0 Å². The van der Waals surface area contributed by atoms with E-state index < -0.39 is 67.1 Å². The van der Waals surface area contributed by atoms with E-state index in [0.29, 0.717) is 16.7 Å². The van der Waals surface area contributed by atoms with Crippen LogP contribution >= 0.6 is 49.9 Å². The summed E-state index contributed by atoms with van der Waals surface area (Å²) in [4.78, 5) is 27.3. The molecule has 7 rings (SSSR count). The average molecular weight is 707 g/mol. The predicted molar refractivity (Wildman–Crippen MR) is 165 cm³/mol. The summed E-state index contributed by atoms with van der Waals surface area (Å²) >= 11 is 9.58. The number of nitrogens with two attached hydrogens (primary N) is 2. The van der Waals surface area contributed by atoms with Crippen molar-refractivity contribution < 1.29 is 36.4 Å². The number of aromatic nitrogens is 6. The Hall–Kier alpha value is -2.12. The Morgan fingerprint density at radius 2 is 1.82 bits per heavy atom. The number of halogens is 1. The molecule has 22 heteroatoms. The molecule has 2 unspecified atom stereocenters. The van der Waals surface area contributed by atoms with Crippen molar-refractivity contribution in [2.75, 3.05) is 24.7 Å². The van der Waals surface area contributed by atoms with Crippen molar-refractivity contribution in [2.45, 2.75) is 47.8 Å². The SMILES string of the molecule is Nc1nc2c(ncn2[C@@H]2S[C@@H]3COP(=O)(S)O[C@H]4[C@H](F)[C@H](n5ccc6c(N)ccnc65)O[C@@H]4COP(=O)(S)O[C@@H]2C3)c(=O)[nH]1. The Bertz CT molecular complexity index is 1910. The molecule has 9 atom stereocenters. The summed E-state index contributed by atoms with van der Waals surface area (Å²) in [6, 6.07) is 3.27. The van der Waals surface area contributed by atoms with Crippen LogP contribution in [0.1, 0.15) is 18.0 Å². The lowest BCUT2D eigenvalue weighted by Crippen LogP contribution is -2.33. The van der Waals surface area contributed by atoms with Crippen molar-refractivity contribution in [3.05, 3.63) is 41.2 Å². The molecule has 0 aromatic carbocycles. The molecule has 5 N–H and O–H groups in total. The van der Waals surface area contributed by atoms with E-state index in [1.807, 2.05) is 0 Å². The number of pyridine rings is 1. The van der Waals surface area contributed by atoms with Gasteiger partial charge in [-0.15, -0.1) is 11.8 Å². The number of ether oxygens (including phenoxy) is 1. The van der Waals surface area contributed by atoms with Crippen LogP contribution in [0.5, 0.6) is 0 Å². The summed E-state index contributed by atoms with van der Waals surface area (Å²) < 4.78 is 74.6. The number of imidazole rings is 1. The number of nitrogen functional groups attached to an aromatic ring is 2.